The van der Waals surface area contributed by atoms with E-state index < -0.39 is 6.10 Å². The minimum atomic E-state index is -0.796. The zero-order chi connectivity index (χ0) is 50.0. The monoisotopic (exact) mass is 965 g/mol. The molecule has 0 saturated carbocycles. The van der Waals surface area contributed by atoms with Crippen molar-refractivity contribution in [3.05, 3.63) is 60.8 Å². The second kappa shape index (κ2) is 57.7. The lowest BCUT2D eigenvalue weighted by atomic mass is 10.0. The predicted octanol–water partition coefficient (Wildman–Crippen LogP) is 20.0. The van der Waals surface area contributed by atoms with Gasteiger partial charge >= 0.3 is 17.9 Å². The molecule has 0 aromatic carbocycles. The van der Waals surface area contributed by atoms with E-state index in [-0.39, 0.29) is 31.1 Å². The Hall–Kier alpha value is -2.89. The van der Waals surface area contributed by atoms with Crippen LogP contribution in [0.5, 0.6) is 0 Å². The Balaban J connectivity index is 4.37. The van der Waals surface area contributed by atoms with E-state index in [1.54, 1.807) is 0 Å². The summed E-state index contributed by atoms with van der Waals surface area (Å²) in [5.41, 5.74) is 0. The molecule has 0 aliphatic heterocycles. The summed E-state index contributed by atoms with van der Waals surface area (Å²) >= 11 is 0. The van der Waals surface area contributed by atoms with Crippen LogP contribution in [-0.2, 0) is 28.6 Å². The maximum absolute atomic E-state index is 12.8. The van der Waals surface area contributed by atoms with Gasteiger partial charge in [0.05, 0.1) is 0 Å². The molecule has 0 bridgehead atoms. The lowest BCUT2D eigenvalue weighted by molar-refractivity contribution is -0.167. The highest BCUT2D eigenvalue weighted by Gasteiger charge is 2.19. The molecule has 0 aliphatic rings. The van der Waals surface area contributed by atoms with Crippen LogP contribution in [0.15, 0.2) is 60.8 Å². The van der Waals surface area contributed by atoms with Crippen molar-refractivity contribution >= 4 is 17.9 Å². The van der Waals surface area contributed by atoms with Crippen LogP contribution in [-0.4, -0.2) is 37.2 Å². The third kappa shape index (κ3) is 55.9. The third-order valence-electron chi connectivity index (χ3n) is 13.0. The van der Waals surface area contributed by atoms with Gasteiger partial charge in [-0.15, -0.1) is 0 Å². The number of carbonyl (C=O) groups excluding carboxylic acids is 3. The van der Waals surface area contributed by atoms with Crippen molar-refractivity contribution in [2.75, 3.05) is 13.2 Å². The first-order valence-electron chi connectivity index (χ1n) is 29.8. The van der Waals surface area contributed by atoms with Crippen molar-refractivity contribution in [2.24, 2.45) is 0 Å². The van der Waals surface area contributed by atoms with E-state index in [1.165, 1.54) is 167 Å². The smallest absolute Gasteiger partial charge is 0.306 e. The van der Waals surface area contributed by atoms with Crippen LogP contribution in [0.3, 0.4) is 0 Å². The summed E-state index contributed by atoms with van der Waals surface area (Å²) in [6.07, 6.45) is 72.2. The summed E-state index contributed by atoms with van der Waals surface area (Å²) in [7, 11) is 0. The van der Waals surface area contributed by atoms with Crippen LogP contribution in [0, 0.1) is 0 Å². The Kier molecular flexibility index (Phi) is 55.3. The number of carbonyl (C=O) groups is 3. The fraction of sp³-hybridized carbons (Fsp3) is 0.794. The van der Waals surface area contributed by atoms with Gasteiger partial charge in [-0.1, -0.05) is 255 Å². The van der Waals surface area contributed by atoms with Gasteiger partial charge < -0.3 is 14.2 Å². The lowest BCUT2D eigenvalue weighted by Crippen LogP contribution is -2.30. The molecule has 0 aliphatic carbocycles. The number of ether oxygens (including phenoxy) is 3. The Labute approximate surface area is 428 Å². The van der Waals surface area contributed by atoms with Gasteiger partial charge in [-0.25, -0.2) is 0 Å². The molecule has 0 rings (SSSR count). The van der Waals surface area contributed by atoms with Crippen LogP contribution in [0.25, 0.3) is 0 Å². The molecule has 0 aromatic rings. The SMILES string of the molecule is CCCCC/C=C\C/C=C\C/C=C\CCCCC(=O)OC[C@H](COC(=O)CCCCCCCCCCCCCCCCCCCCCCC)OC(=O)CCCCCCC/C=C\C/C=C\CCCCC. The molecule has 6 heteroatoms. The van der Waals surface area contributed by atoms with E-state index in [4.69, 9.17) is 14.2 Å². The first-order valence-corrected chi connectivity index (χ1v) is 29.8. The lowest BCUT2D eigenvalue weighted by Gasteiger charge is -2.18. The Morgan fingerprint density at radius 3 is 0.870 bits per heavy atom. The fourth-order valence-corrected chi connectivity index (χ4v) is 8.48. The molecule has 0 radical (unpaired) electrons. The number of rotatable bonds is 54. The van der Waals surface area contributed by atoms with Crippen molar-refractivity contribution in [1.29, 1.82) is 0 Å². The van der Waals surface area contributed by atoms with E-state index in [0.717, 1.165) is 96.3 Å². The van der Waals surface area contributed by atoms with Crippen molar-refractivity contribution in [1.82, 2.24) is 0 Å². The zero-order valence-corrected chi connectivity index (χ0v) is 45.8. The van der Waals surface area contributed by atoms with Gasteiger partial charge in [0, 0.05) is 19.3 Å². The van der Waals surface area contributed by atoms with Crippen LogP contribution in [0.2, 0.25) is 0 Å². The van der Waals surface area contributed by atoms with Gasteiger partial charge in [0.1, 0.15) is 13.2 Å². The molecule has 0 spiro atoms. The highest BCUT2D eigenvalue weighted by molar-refractivity contribution is 5.71. The number of esters is 3. The summed E-state index contributed by atoms with van der Waals surface area (Å²) in [4.78, 5) is 38.2. The third-order valence-corrected chi connectivity index (χ3v) is 13.0. The summed E-state index contributed by atoms with van der Waals surface area (Å²) in [6, 6.07) is 0. The highest BCUT2D eigenvalue weighted by atomic mass is 16.6. The maximum Gasteiger partial charge on any atom is 0.306 e. The normalized spacial score (nSPS) is 12.4. The molecule has 0 fully saturated rings. The average molecular weight is 966 g/mol. The molecule has 69 heavy (non-hydrogen) atoms. The molecular formula is C63H112O6. The largest absolute Gasteiger partial charge is 0.462 e. The number of hydrogen-bond acceptors (Lipinski definition) is 6. The van der Waals surface area contributed by atoms with Gasteiger partial charge in [-0.3, -0.25) is 14.4 Å². The molecule has 1 atom stereocenters. The van der Waals surface area contributed by atoms with E-state index in [1.807, 2.05) is 0 Å². The molecule has 0 heterocycles. The fourth-order valence-electron chi connectivity index (χ4n) is 8.48. The molecule has 0 aromatic heterocycles. The Morgan fingerprint density at radius 1 is 0.290 bits per heavy atom. The van der Waals surface area contributed by atoms with Crippen molar-refractivity contribution in [3.8, 4) is 0 Å². The molecule has 0 N–H and O–H groups in total. The first kappa shape index (κ1) is 66.1. The van der Waals surface area contributed by atoms with Crippen LogP contribution < -0.4 is 0 Å². The predicted molar refractivity (Wildman–Crippen MR) is 298 cm³/mol. The first-order chi connectivity index (χ1) is 34.0. The molecule has 6 nitrogen and oxygen atoms in total. The molecule has 0 amide bonds. The van der Waals surface area contributed by atoms with Gasteiger partial charge in [0.25, 0.3) is 0 Å². The number of hydrogen-bond donors (Lipinski definition) is 0. The van der Waals surface area contributed by atoms with E-state index >= 15 is 0 Å². The van der Waals surface area contributed by atoms with Crippen molar-refractivity contribution in [2.45, 2.75) is 309 Å². The molecule has 400 valence electrons. The minimum Gasteiger partial charge on any atom is -0.462 e. The Bertz CT molecular complexity index is 1250. The topological polar surface area (TPSA) is 78.9 Å². The summed E-state index contributed by atoms with van der Waals surface area (Å²) < 4.78 is 16.8. The molecule has 0 saturated heterocycles. The average Bonchev–Trinajstić information content (AvgIpc) is 3.35. The van der Waals surface area contributed by atoms with Crippen molar-refractivity contribution in [3.63, 3.8) is 0 Å². The van der Waals surface area contributed by atoms with Crippen LogP contribution in [0.4, 0.5) is 0 Å². The van der Waals surface area contributed by atoms with Crippen molar-refractivity contribution < 1.29 is 28.6 Å². The van der Waals surface area contributed by atoms with Crippen LogP contribution in [0.1, 0.15) is 303 Å². The van der Waals surface area contributed by atoms with Gasteiger partial charge in [-0.2, -0.15) is 0 Å². The standard InChI is InChI=1S/C63H112O6/c1-4-7-10-13-16-19-22-25-28-29-30-31-32-33-36-38-41-44-47-50-53-56-62(65)68-59-60(69-63(66)57-54-51-48-45-42-39-35-27-24-21-18-15-12-9-6-3)58-67-61(64)55-52-49-46-43-40-37-34-26-23-20-17-14-11-8-5-2/h17-18,20-21,26-27,34-35,40,43,60H,4-16,19,22-25,28-33,36-39,41-42,44-59H2,1-3H3/b20-17-,21-18-,34-26-,35-27-,43-40-/t60-/m1/s1. The summed E-state index contributed by atoms with van der Waals surface area (Å²) in [5.74, 6) is -0.930. The van der Waals surface area contributed by atoms with Gasteiger partial charge in [0.2, 0.25) is 0 Å². The summed E-state index contributed by atoms with van der Waals surface area (Å²) in [5, 5.41) is 0. The van der Waals surface area contributed by atoms with Gasteiger partial charge in [-0.05, 0) is 89.9 Å². The number of unbranched alkanes of at least 4 members (excludes halogenated alkanes) is 33. The Morgan fingerprint density at radius 2 is 0.522 bits per heavy atom. The van der Waals surface area contributed by atoms with E-state index in [0.29, 0.717) is 19.3 Å². The van der Waals surface area contributed by atoms with Gasteiger partial charge in [0.15, 0.2) is 6.10 Å². The molecular weight excluding hydrogens is 853 g/mol. The zero-order valence-electron chi connectivity index (χ0n) is 45.8. The summed E-state index contributed by atoms with van der Waals surface area (Å²) in [6.45, 7) is 6.57. The highest BCUT2D eigenvalue weighted by Crippen LogP contribution is 2.16. The molecule has 0 unspecified atom stereocenters. The van der Waals surface area contributed by atoms with Crippen LogP contribution >= 0.6 is 0 Å². The minimum absolute atomic E-state index is 0.0895. The second-order valence-corrected chi connectivity index (χ2v) is 19.9. The second-order valence-electron chi connectivity index (χ2n) is 19.9. The quantitative estimate of drug-likeness (QED) is 0.0262. The van der Waals surface area contributed by atoms with E-state index in [2.05, 4.69) is 81.5 Å². The van der Waals surface area contributed by atoms with E-state index in [9.17, 15) is 14.4 Å². The maximum atomic E-state index is 12.8. The number of allylic oxidation sites excluding steroid dienone is 10.